The second-order valence-corrected chi connectivity index (χ2v) is 9.90. The average molecular weight is 452 g/mol. The third-order valence-electron chi connectivity index (χ3n) is 6.24. The highest BCUT2D eigenvalue weighted by Crippen LogP contribution is 2.34. The number of piperidine rings is 1. The van der Waals surface area contributed by atoms with Crippen molar-refractivity contribution in [3.05, 3.63) is 76.9 Å². The van der Waals surface area contributed by atoms with Crippen LogP contribution in [0.5, 0.6) is 0 Å². The third-order valence-corrected chi connectivity index (χ3v) is 7.71. The smallest absolute Gasteiger partial charge is 0.285 e. The number of hydrogen-bond donors (Lipinski definition) is 1. The first kappa shape index (κ1) is 22.3. The lowest BCUT2D eigenvalue weighted by Gasteiger charge is -2.32. The summed E-state index contributed by atoms with van der Waals surface area (Å²) in [5.41, 5.74) is 3.59. The number of amides is 1. The Bertz CT molecular complexity index is 1140. The van der Waals surface area contributed by atoms with Crippen LogP contribution in [0.2, 0.25) is 0 Å². The van der Waals surface area contributed by atoms with Crippen molar-refractivity contribution in [1.82, 2.24) is 10.2 Å². The van der Waals surface area contributed by atoms with Crippen molar-refractivity contribution in [2.75, 3.05) is 13.1 Å². The first-order valence-electron chi connectivity index (χ1n) is 11.1. The van der Waals surface area contributed by atoms with Crippen LogP contribution in [-0.4, -0.2) is 38.2 Å². The van der Waals surface area contributed by atoms with Crippen LogP contribution >= 0.6 is 0 Å². The molecular weight excluding hydrogens is 422 g/mol. The summed E-state index contributed by atoms with van der Waals surface area (Å²) in [5, 5.41) is 3.02. The molecule has 6 nitrogen and oxygen atoms in total. The highest BCUT2D eigenvalue weighted by molar-refractivity contribution is 8.00. The van der Waals surface area contributed by atoms with Gasteiger partial charge in [0.2, 0.25) is 5.91 Å². The van der Waals surface area contributed by atoms with Gasteiger partial charge in [-0.05, 0) is 42.9 Å². The van der Waals surface area contributed by atoms with Gasteiger partial charge in [-0.25, -0.2) is 0 Å². The maximum absolute atomic E-state index is 12.8. The summed E-state index contributed by atoms with van der Waals surface area (Å²) < 4.78 is 29.8. The van der Waals surface area contributed by atoms with Crippen LogP contribution in [0.15, 0.2) is 64.6 Å². The van der Waals surface area contributed by atoms with Gasteiger partial charge in [-0.2, -0.15) is 8.42 Å². The quantitative estimate of drug-likeness (QED) is 0.751. The summed E-state index contributed by atoms with van der Waals surface area (Å²) in [6, 6.07) is 17.5. The molecule has 4 rings (SSSR count). The molecule has 0 aromatic heterocycles. The number of aryl methyl sites for hydroxylation is 1. The number of carbonyl (C=O) groups excluding carboxylic acids is 1. The molecule has 2 aromatic rings. The molecule has 168 valence electrons. The largest absolute Gasteiger partial charge is 0.356 e. The van der Waals surface area contributed by atoms with Gasteiger partial charge in [0.05, 0.1) is 0 Å². The van der Waals surface area contributed by atoms with Crippen LogP contribution in [0.3, 0.4) is 0 Å². The van der Waals surface area contributed by atoms with Crippen molar-refractivity contribution in [1.29, 1.82) is 0 Å². The number of rotatable bonds is 5. The van der Waals surface area contributed by atoms with Gasteiger partial charge in [0.25, 0.3) is 10.0 Å². The summed E-state index contributed by atoms with van der Waals surface area (Å²) in [6.07, 6.45) is 2.25. The van der Waals surface area contributed by atoms with E-state index >= 15 is 0 Å². The molecule has 0 radical (unpaired) electrons. The summed E-state index contributed by atoms with van der Waals surface area (Å²) in [5.74, 6) is 0.500. The van der Waals surface area contributed by atoms with E-state index in [2.05, 4.69) is 16.6 Å². The van der Waals surface area contributed by atoms with Crippen molar-refractivity contribution in [2.45, 2.75) is 39.7 Å². The maximum Gasteiger partial charge on any atom is 0.285 e. The second-order valence-electron chi connectivity index (χ2n) is 8.36. The molecule has 0 aliphatic carbocycles. The van der Waals surface area contributed by atoms with Crippen LogP contribution in [0.1, 0.15) is 43.4 Å². The third kappa shape index (κ3) is 4.63. The van der Waals surface area contributed by atoms with E-state index in [0.29, 0.717) is 49.4 Å². The van der Waals surface area contributed by atoms with Gasteiger partial charge in [0.1, 0.15) is 10.7 Å². The molecule has 0 atom stereocenters. The summed E-state index contributed by atoms with van der Waals surface area (Å²) in [4.78, 5) is 14.9. The van der Waals surface area contributed by atoms with Gasteiger partial charge in [0.15, 0.2) is 0 Å². The zero-order chi connectivity index (χ0) is 22.7. The van der Waals surface area contributed by atoms with E-state index < -0.39 is 10.0 Å². The highest BCUT2D eigenvalue weighted by Gasteiger charge is 2.35. The Labute approximate surface area is 190 Å². The van der Waals surface area contributed by atoms with Gasteiger partial charge in [-0.15, -0.1) is 4.40 Å². The molecule has 32 heavy (non-hydrogen) atoms. The van der Waals surface area contributed by atoms with Crippen LogP contribution in [-0.2, 0) is 27.8 Å². The van der Waals surface area contributed by atoms with Crippen LogP contribution in [0, 0.1) is 5.92 Å². The van der Waals surface area contributed by atoms with Crippen molar-refractivity contribution < 1.29 is 13.2 Å². The second kappa shape index (κ2) is 9.28. The first-order chi connectivity index (χ1) is 15.4. The number of likely N-dealkylation sites (tertiary alicyclic amines) is 1. The number of benzene rings is 2. The number of sulfonamides is 1. The van der Waals surface area contributed by atoms with E-state index in [1.165, 1.54) is 0 Å². The van der Waals surface area contributed by atoms with E-state index in [-0.39, 0.29) is 16.7 Å². The fraction of sp³-hybridized carbons (Fsp3) is 0.360. The zero-order valence-electron chi connectivity index (χ0n) is 18.5. The summed E-state index contributed by atoms with van der Waals surface area (Å²) in [6.45, 7) is 5.63. The zero-order valence-corrected chi connectivity index (χ0v) is 19.4. The number of nitrogens with one attached hydrogen (secondary N) is 1. The Kier molecular flexibility index (Phi) is 6.46. The molecule has 2 aliphatic rings. The van der Waals surface area contributed by atoms with Gasteiger partial charge in [-0.3, -0.25) is 4.79 Å². The molecule has 1 saturated heterocycles. The highest BCUT2D eigenvalue weighted by atomic mass is 32.2. The molecule has 2 aromatic carbocycles. The van der Waals surface area contributed by atoms with E-state index in [9.17, 15) is 13.2 Å². The first-order valence-corrected chi connectivity index (χ1v) is 12.5. The molecule has 0 unspecified atom stereocenters. The van der Waals surface area contributed by atoms with E-state index in [1.807, 2.05) is 66.4 Å². The lowest BCUT2D eigenvalue weighted by molar-refractivity contribution is -0.126. The Morgan fingerprint density at radius 1 is 1.03 bits per heavy atom. The standard InChI is InChI=1S/C25H29N3O3S/c1-3-19-9-11-21(12-10-19)23-18(2)24(27-32(23,30)31)28-15-13-22(14-16-28)25(29)26-17-20-7-5-4-6-8-20/h4-12,22H,3,13-17H2,1-2H3,(H,26,29). The lowest BCUT2D eigenvalue weighted by Crippen LogP contribution is -2.43. The molecule has 7 heteroatoms. The van der Waals surface area contributed by atoms with Crippen molar-refractivity contribution in [3.63, 3.8) is 0 Å². The molecule has 0 bridgehead atoms. The number of hydrogen-bond acceptors (Lipinski definition) is 4. The molecule has 2 aliphatic heterocycles. The van der Waals surface area contributed by atoms with Crippen molar-refractivity contribution >= 4 is 26.7 Å². The summed E-state index contributed by atoms with van der Waals surface area (Å²) >= 11 is 0. The fourth-order valence-electron chi connectivity index (χ4n) is 4.36. The number of nitrogens with zero attached hydrogens (tertiary/aromatic N) is 2. The monoisotopic (exact) mass is 451 g/mol. The Morgan fingerprint density at radius 3 is 2.31 bits per heavy atom. The SMILES string of the molecule is CCc1ccc(C2=C(C)C(N3CCC(C(=O)NCc4ccccc4)CC3)=NS2(=O)=O)cc1. The minimum atomic E-state index is -3.73. The minimum absolute atomic E-state index is 0.0541. The van der Waals surface area contributed by atoms with E-state index in [1.54, 1.807) is 0 Å². The molecule has 1 N–H and O–H groups in total. The number of carbonyl (C=O) groups is 1. The van der Waals surface area contributed by atoms with Gasteiger partial charge in [-0.1, -0.05) is 61.5 Å². The van der Waals surface area contributed by atoms with E-state index in [0.717, 1.165) is 17.5 Å². The maximum atomic E-state index is 12.8. The molecule has 1 amide bonds. The predicted octanol–water partition coefficient (Wildman–Crippen LogP) is 3.75. The molecular formula is C25H29N3O3S. The van der Waals surface area contributed by atoms with Crippen LogP contribution in [0.25, 0.3) is 4.91 Å². The van der Waals surface area contributed by atoms with Gasteiger partial charge in [0, 0.05) is 31.1 Å². The number of amidine groups is 1. The molecule has 2 heterocycles. The topological polar surface area (TPSA) is 78.8 Å². The molecule has 1 fully saturated rings. The van der Waals surface area contributed by atoms with Gasteiger partial charge < -0.3 is 10.2 Å². The Morgan fingerprint density at radius 2 is 1.69 bits per heavy atom. The normalized spacial score (nSPS) is 18.6. The van der Waals surface area contributed by atoms with E-state index in [4.69, 9.17) is 0 Å². The van der Waals surface area contributed by atoms with Gasteiger partial charge >= 0.3 is 0 Å². The van der Waals surface area contributed by atoms with Crippen LogP contribution in [0.4, 0.5) is 0 Å². The van der Waals surface area contributed by atoms with Crippen molar-refractivity contribution in [2.24, 2.45) is 10.3 Å². The molecule has 0 spiro atoms. The average Bonchev–Trinajstić information content (AvgIpc) is 3.06. The lowest BCUT2D eigenvalue weighted by atomic mass is 9.95. The summed E-state index contributed by atoms with van der Waals surface area (Å²) in [7, 11) is -3.73. The Hall–Kier alpha value is -2.93. The Balaban J connectivity index is 1.41. The predicted molar refractivity (Wildman–Crippen MR) is 127 cm³/mol. The van der Waals surface area contributed by atoms with Crippen LogP contribution < -0.4 is 5.32 Å². The minimum Gasteiger partial charge on any atom is -0.356 e. The van der Waals surface area contributed by atoms with Crippen molar-refractivity contribution in [3.8, 4) is 0 Å². The fourth-order valence-corrected chi connectivity index (χ4v) is 5.84. The molecule has 0 saturated carbocycles.